The highest BCUT2D eigenvalue weighted by molar-refractivity contribution is 7.09. The fraction of sp³-hybridized carbons (Fsp3) is 0.647. The highest BCUT2D eigenvalue weighted by atomic mass is 32.1. The third-order valence-electron chi connectivity index (χ3n) is 3.02. The average Bonchev–Trinajstić information content (AvgIpc) is 2.92. The van der Waals surface area contributed by atoms with E-state index in [2.05, 4.69) is 10.3 Å². The summed E-state index contributed by atoms with van der Waals surface area (Å²) in [5.41, 5.74) is -0.403. The Hall–Kier alpha value is -1.96. The molecule has 1 aromatic heterocycles. The van der Waals surface area contributed by atoms with Crippen molar-refractivity contribution in [1.29, 1.82) is 0 Å². The number of Topliss-reactive ketones (excluding diaryl/α,β-unsaturated/α-hetero) is 1. The molecule has 0 unspecified atom stereocenters. The van der Waals surface area contributed by atoms with Gasteiger partial charge in [-0.1, -0.05) is 13.8 Å². The Balaban J connectivity index is 2.82. The van der Waals surface area contributed by atoms with Gasteiger partial charge in [0.1, 0.15) is 22.7 Å². The maximum atomic E-state index is 12.1. The summed E-state index contributed by atoms with van der Waals surface area (Å²) in [5.74, 6) is -0.929. The Kier molecular flexibility index (Phi) is 7.54. The largest absolute Gasteiger partial charge is 0.466 e. The molecule has 1 N–H and O–H groups in total. The van der Waals surface area contributed by atoms with E-state index in [1.807, 2.05) is 13.8 Å². The van der Waals surface area contributed by atoms with Crippen LogP contribution in [0, 0.1) is 5.92 Å². The van der Waals surface area contributed by atoms with Gasteiger partial charge in [0.15, 0.2) is 5.78 Å². The smallest absolute Gasteiger partial charge is 0.408 e. The van der Waals surface area contributed by atoms with E-state index >= 15 is 0 Å². The van der Waals surface area contributed by atoms with E-state index in [0.717, 1.165) is 0 Å². The number of rotatable bonds is 7. The molecular weight excluding hydrogens is 344 g/mol. The predicted molar refractivity (Wildman–Crippen MR) is 94.6 cm³/mol. The quantitative estimate of drug-likeness (QED) is 0.448. The average molecular weight is 370 g/mol. The van der Waals surface area contributed by atoms with Crippen molar-refractivity contribution < 1.29 is 23.9 Å². The summed E-state index contributed by atoms with van der Waals surface area (Å²) in [6, 6.07) is -0.385. The van der Waals surface area contributed by atoms with Crippen LogP contribution in [-0.2, 0) is 14.3 Å². The number of esters is 1. The summed E-state index contributed by atoms with van der Waals surface area (Å²) < 4.78 is 10.0. The van der Waals surface area contributed by atoms with Crippen LogP contribution in [0.5, 0.6) is 0 Å². The SMILES string of the molecule is CCOC(=O)CC(=O)c1csc([C@@H](NC(=O)OC(C)(C)C)C(C)C)n1. The van der Waals surface area contributed by atoms with Crippen LogP contribution in [0.3, 0.4) is 0 Å². The third-order valence-corrected chi connectivity index (χ3v) is 3.95. The minimum Gasteiger partial charge on any atom is -0.466 e. The molecule has 0 aliphatic rings. The monoisotopic (exact) mass is 370 g/mol. The van der Waals surface area contributed by atoms with Gasteiger partial charge in [0, 0.05) is 5.38 Å². The van der Waals surface area contributed by atoms with Gasteiger partial charge in [-0.15, -0.1) is 11.3 Å². The summed E-state index contributed by atoms with van der Waals surface area (Å²) in [6.45, 7) is 11.1. The predicted octanol–water partition coefficient (Wildman–Crippen LogP) is 3.50. The molecule has 0 bridgehead atoms. The second-order valence-electron chi connectivity index (χ2n) is 6.84. The molecule has 1 heterocycles. The van der Waals surface area contributed by atoms with E-state index in [-0.39, 0.29) is 30.7 Å². The lowest BCUT2D eigenvalue weighted by Crippen LogP contribution is -2.36. The minimum atomic E-state index is -0.602. The number of carbonyl (C=O) groups is 3. The normalized spacial score (nSPS) is 12.6. The van der Waals surface area contributed by atoms with Gasteiger partial charge < -0.3 is 14.8 Å². The highest BCUT2D eigenvalue weighted by Crippen LogP contribution is 2.26. The van der Waals surface area contributed by atoms with Gasteiger partial charge in [-0.25, -0.2) is 9.78 Å². The van der Waals surface area contributed by atoms with Crippen molar-refractivity contribution >= 4 is 29.2 Å². The van der Waals surface area contributed by atoms with Gasteiger partial charge in [0.05, 0.1) is 12.6 Å². The molecule has 8 heteroatoms. The maximum absolute atomic E-state index is 12.1. The lowest BCUT2D eigenvalue weighted by Gasteiger charge is -2.24. The first kappa shape index (κ1) is 21.1. The van der Waals surface area contributed by atoms with Crippen molar-refractivity contribution in [2.24, 2.45) is 5.92 Å². The molecule has 25 heavy (non-hydrogen) atoms. The Labute approximate surface area is 152 Å². The first-order chi connectivity index (χ1) is 11.5. The number of ether oxygens (including phenoxy) is 2. The molecule has 0 aliphatic heterocycles. The summed E-state index contributed by atoms with van der Waals surface area (Å²) in [7, 11) is 0. The Morgan fingerprint density at radius 3 is 2.44 bits per heavy atom. The van der Waals surface area contributed by atoms with Crippen LogP contribution >= 0.6 is 11.3 Å². The maximum Gasteiger partial charge on any atom is 0.408 e. The number of carbonyl (C=O) groups excluding carboxylic acids is 3. The molecule has 1 aromatic rings. The molecule has 1 amide bonds. The van der Waals surface area contributed by atoms with Gasteiger partial charge in [0.2, 0.25) is 0 Å². The van der Waals surface area contributed by atoms with E-state index in [1.165, 1.54) is 11.3 Å². The molecule has 0 radical (unpaired) electrons. The summed E-state index contributed by atoms with van der Waals surface area (Å²) in [4.78, 5) is 39.8. The van der Waals surface area contributed by atoms with Crippen LogP contribution in [0.25, 0.3) is 0 Å². The fourth-order valence-corrected chi connectivity index (χ4v) is 2.99. The molecule has 0 aromatic carbocycles. The minimum absolute atomic E-state index is 0.0478. The number of nitrogens with one attached hydrogen (secondary N) is 1. The molecule has 0 saturated carbocycles. The number of nitrogens with zero attached hydrogens (tertiary/aromatic N) is 1. The number of amides is 1. The van der Waals surface area contributed by atoms with Gasteiger partial charge >= 0.3 is 12.1 Å². The van der Waals surface area contributed by atoms with E-state index in [9.17, 15) is 14.4 Å². The summed E-state index contributed by atoms with van der Waals surface area (Å²) in [6.07, 6.45) is -0.885. The Morgan fingerprint density at radius 2 is 1.92 bits per heavy atom. The molecule has 140 valence electrons. The van der Waals surface area contributed by atoms with Crippen molar-refractivity contribution in [3.8, 4) is 0 Å². The van der Waals surface area contributed by atoms with Crippen molar-refractivity contribution in [3.05, 3.63) is 16.1 Å². The highest BCUT2D eigenvalue weighted by Gasteiger charge is 2.26. The second-order valence-corrected chi connectivity index (χ2v) is 7.73. The lowest BCUT2D eigenvalue weighted by molar-refractivity contribution is -0.141. The van der Waals surface area contributed by atoms with Crippen LogP contribution in [0.1, 0.15) is 69.5 Å². The first-order valence-corrected chi connectivity index (χ1v) is 9.05. The standard InChI is InChI=1S/C17H26N2O5S/c1-7-23-13(21)8-12(20)11-9-25-15(18-11)14(10(2)3)19-16(22)24-17(4,5)6/h9-10,14H,7-8H2,1-6H3,(H,19,22)/t14-/m0/s1. The summed E-state index contributed by atoms with van der Waals surface area (Å²) in [5, 5.41) is 4.96. The number of thiazole rings is 1. The number of alkyl carbamates (subject to hydrolysis) is 1. The zero-order chi connectivity index (χ0) is 19.2. The molecular formula is C17H26N2O5S. The Morgan fingerprint density at radius 1 is 1.28 bits per heavy atom. The second kappa shape index (κ2) is 8.94. The van der Waals surface area contributed by atoms with Crippen molar-refractivity contribution in [3.63, 3.8) is 0 Å². The van der Waals surface area contributed by atoms with E-state index in [1.54, 1.807) is 33.1 Å². The van der Waals surface area contributed by atoms with Crippen LogP contribution in [-0.4, -0.2) is 35.0 Å². The molecule has 0 aliphatic carbocycles. The number of hydrogen-bond acceptors (Lipinski definition) is 7. The Bertz CT molecular complexity index is 619. The van der Waals surface area contributed by atoms with Gasteiger partial charge in [0.25, 0.3) is 0 Å². The zero-order valence-corrected chi connectivity index (χ0v) is 16.4. The van der Waals surface area contributed by atoms with Gasteiger partial charge in [-0.05, 0) is 33.6 Å². The van der Waals surface area contributed by atoms with Crippen LogP contribution in [0.15, 0.2) is 5.38 Å². The summed E-state index contributed by atoms with van der Waals surface area (Å²) >= 11 is 1.26. The van der Waals surface area contributed by atoms with Crippen LogP contribution in [0.4, 0.5) is 4.79 Å². The molecule has 1 rings (SSSR count). The first-order valence-electron chi connectivity index (χ1n) is 8.17. The van der Waals surface area contributed by atoms with E-state index < -0.39 is 23.4 Å². The molecule has 0 fully saturated rings. The van der Waals surface area contributed by atoms with Crippen LogP contribution in [0.2, 0.25) is 0 Å². The van der Waals surface area contributed by atoms with E-state index in [0.29, 0.717) is 5.01 Å². The lowest BCUT2D eigenvalue weighted by atomic mass is 10.1. The van der Waals surface area contributed by atoms with Gasteiger partial charge in [-0.2, -0.15) is 0 Å². The number of ketones is 1. The molecule has 0 saturated heterocycles. The molecule has 0 spiro atoms. The topological polar surface area (TPSA) is 94.6 Å². The van der Waals surface area contributed by atoms with E-state index in [4.69, 9.17) is 9.47 Å². The molecule has 1 atom stereocenters. The van der Waals surface area contributed by atoms with Crippen LogP contribution < -0.4 is 5.32 Å². The van der Waals surface area contributed by atoms with Crippen molar-refractivity contribution in [1.82, 2.24) is 10.3 Å². The number of aromatic nitrogens is 1. The fourth-order valence-electron chi connectivity index (χ4n) is 1.94. The van der Waals surface area contributed by atoms with Crippen molar-refractivity contribution in [2.45, 2.75) is 59.6 Å². The van der Waals surface area contributed by atoms with Crippen molar-refractivity contribution in [2.75, 3.05) is 6.61 Å². The van der Waals surface area contributed by atoms with Gasteiger partial charge in [-0.3, -0.25) is 9.59 Å². The number of hydrogen-bond donors (Lipinski definition) is 1. The molecule has 7 nitrogen and oxygen atoms in total. The zero-order valence-electron chi connectivity index (χ0n) is 15.5. The third kappa shape index (κ3) is 7.21.